The Morgan fingerprint density at radius 1 is 1.14 bits per heavy atom. The number of halogens is 2. The number of carbonyl (C=O) groups is 1. The predicted molar refractivity (Wildman–Crippen MR) is 78.2 cm³/mol. The van der Waals surface area contributed by atoms with Crippen molar-refractivity contribution in [3.8, 4) is 0 Å². The number of aromatic amines is 1. The van der Waals surface area contributed by atoms with E-state index in [4.69, 9.17) is 0 Å². The van der Waals surface area contributed by atoms with Gasteiger partial charge in [0.25, 0.3) is 12.3 Å². The van der Waals surface area contributed by atoms with Gasteiger partial charge in [0.05, 0.1) is 6.54 Å². The molecule has 0 saturated carbocycles. The minimum Gasteiger partial charge on any atom is -0.336 e. The van der Waals surface area contributed by atoms with Crippen molar-refractivity contribution >= 4 is 5.91 Å². The van der Waals surface area contributed by atoms with Crippen molar-refractivity contribution in [1.82, 2.24) is 20.0 Å². The monoisotopic (exact) mass is 312 g/mol. The van der Waals surface area contributed by atoms with Gasteiger partial charge >= 0.3 is 0 Å². The highest BCUT2D eigenvalue weighted by Gasteiger charge is 2.27. The Hall–Kier alpha value is -1.50. The summed E-state index contributed by atoms with van der Waals surface area (Å²) in [7, 11) is 0. The number of amides is 1. The molecule has 0 aromatic carbocycles. The van der Waals surface area contributed by atoms with E-state index in [1.807, 2.05) is 0 Å². The Morgan fingerprint density at radius 3 is 2.77 bits per heavy atom. The van der Waals surface area contributed by atoms with Crippen LogP contribution in [-0.2, 0) is 12.8 Å². The quantitative estimate of drug-likeness (QED) is 0.924. The fourth-order valence-electron chi connectivity index (χ4n) is 3.36. The SMILES string of the molecule is O=C(c1n[nH]c2c1CCCC2)N1CCCN(CC(F)F)CC1. The van der Waals surface area contributed by atoms with E-state index in [1.54, 1.807) is 9.80 Å². The van der Waals surface area contributed by atoms with Crippen LogP contribution in [0.5, 0.6) is 0 Å². The van der Waals surface area contributed by atoms with Gasteiger partial charge in [-0.05, 0) is 32.1 Å². The number of aryl methyl sites for hydroxylation is 1. The van der Waals surface area contributed by atoms with Crippen LogP contribution in [-0.4, -0.2) is 65.1 Å². The average Bonchev–Trinajstić information content (AvgIpc) is 2.79. The normalized spacial score (nSPS) is 20.0. The molecule has 1 N–H and O–H groups in total. The minimum absolute atomic E-state index is 0.0571. The first-order valence-electron chi connectivity index (χ1n) is 8.01. The van der Waals surface area contributed by atoms with Gasteiger partial charge in [-0.1, -0.05) is 0 Å². The average molecular weight is 312 g/mol. The van der Waals surface area contributed by atoms with Crippen molar-refractivity contribution in [3.63, 3.8) is 0 Å². The lowest BCUT2D eigenvalue weighted by molar-refractivity contribution is 0.0736. The van der Waals surface area contributed by atoms with Gasteiger partial charge in [0.15, 0.2) is 5.69 Å². The molecule has 3 rings (SSSR count). The molecule has 7 heteroatoms. The maximum atomic E-state index is 12.7. The van der Waals surface area contributed by atoms with E-state index in [2.05, 4.69) is 10.2 Å². The molecule has 122 valence electrons. The molecule has 1 amide bonds. The molecule has 1 saturated heterocycles. The largest absolute Gasteiger partial charge is 0.336 e. The second-order valence-electron chi connectivity index (χ2n) is 6.07. The van der Waals surface area contributed by atoms with Crippen LogP contribution in [0.3, 0.4) is 0 Å². The van der Waals surface area contributed by atoms with Gasteiger partial charge in [0.2, 0.25) is 0 Å². The second-order valence-corrected chi connectivity index (χ2v) is 6.07. The Labute approximate surface area is 128 Å². The first-order valence-corrected chi connectivity index (χ1v) is 8.01. The number of hydrogen-bond acceptors (Lipinski definition) is 3. The van der Waals surface area contributed by atoms with E-state index in [0.717, 1.165) is 43.4 Å². The van der Waals surface area contributed by atoms with E-state index in [1.165, 1.54) is 0 Å². The van der Waals surface area contributed by atoms with Gasteiger partial charge in [0.1, 0.15) is 0 Å². The molecule has 0 radical (unpaired) electrons. The van der Waals surface area contributed by atoms with E-state index < -0.39 is 6.43 Å². The Bertz CT molecular complexity index is 532. The lowest BCUT2D eigenvalue weighted by atomic mass is 9.95. The van der Waals surface area contributed by atoms with Crippen molar-refractivity contribution in [3.05, 3.63) is 17.0 Å². The van der Waals surface area contributed by atoms with Crippen molar-refractivity contribution in [1.29, 1.82) is 0 Å². The standard InChI is InChI=1S/C15H22F2N4O/c16-13(17)10-20-6-3-7-21(9-8-20)15(22)14-11-4-1-2-5-12(11)18-19-14/h13H,1-10H2,(H,18,19). The summed E-state index contributed by atoms with van der Waals surface area (Å²) < 4.78 is 25.0. The van der Waals surface area contributed by atoms with E-state index in [0.29, 0.717) is 31.9 Å². The highest BCUT2D eigenvalue weighted by atomic mass is 19.3. The van der Waals surface area contributed by atoms with Crippen LogP contribution >= 0.6 is 0 Å². The fourth-order valence-corrected chi connectivity index (χ4v) is 3.36. The molecule has 5 nitrogen and oxygen atoms in total. The van der Waals surface area contributed by atoms with Crippen LogP contribution in [0.2, 0.25) is 0 Å². The van der Waals surface area contributed by atoms with Gasteiger partial charge in [0, 0.05) is 37.4 Å². The maximum Gasteiger partial charge on any atom is 0.274 e. The smallest absolute Gasteiger partial charge is 0.274 e. The summed E-state index contributed by atoms with van der Waals surface area (Å²) >= 11 is 0. The number of aromatic nitrogens is 2. The summed E-state index contributed by atoms with van der Waals surface area (Å²) in [4.78, 5) is 16.2. The number of rotatable bonds is 3. The molecule has 1 fully saturated rings. The van der Waals surface area contributed by atoms with Crippen molar-refractivity contribution in [2.75, 3.05) is 32.7 Å². The van der Waals surface area contributed by atoms with Crippen LogP contribution in [0.25, 0.3) is 0 Å². The van der Waals surface area contributed by atoms with E-state index >= 15 is 0 Å². The number of H-pyrrole nitrogens is 1. The van der Waals surface area contributed by atoms with Crippen LogP contribution in [0, 0.1) is 0 Å². The van der Waals surface area contributed by atoms with Crippen molar-refractivity contribution in [2.24, 2.45) is 0 Å². The van der Waals surface area contributed by atoms with Gasteiger partial charge in [-0.2, -0.15) is 5.10 Å². The van der Waals surface area contributed by atoms with Crippen LogP contribution in [0.1, 0.15) is 41.0 Å². The van der Waals surface area contributed by atoms with Gasteiger partial charge < -0.3 is 4.90 Å². The van der Waals surface area contributed by atoms with E-state index in [-0.39, 0.29) is 12.5 Å². The van der Waals surface area contributed by atoms with E-state index in [9.17, 15) is 13.6 Å². The number of nitrogens with one attached hydrogen (secondary N) is 1. The molecule has 0 bridgehead atoms. The number of alkyl halides is 2. The second kappa shape index (κ2) is 6.73. The predicted octanol–water partition coefficient (Wildman–Crippen LogP) is 1.70. The van der Waals surface area contributed by atoms with Crippen LogP contribution in [0.4, 0.5) is 8.78 Å². The summed E-state index contributed by atoms with van der Waals surface area (Å²) in [6, 6.07) is 0. The third kappa shape index (κ3) is 3.29. The molecule has 1 aliphatic carbocycles. The fraction of sp³-hybridized carbons (Fsp3) is 0.733. The topological polar surface area (TPSA) is 52.2 Å². The minimum atomic E-state index is -2.32. The molecule has 22 heavy (non-hydrogen) atoms. The number of fused-ring (bicyclic) bond motifs is 1. The summed E-state index contributed by atoms with van der Waals surface area (Å²) in [5.41, 5.74) is 2.69. The molecule has 1 aliphatic heterocycles. The van der Waals surface area contributed by atoms with Crippen molar-refractivity contribution < 1.29 is 13.6 Å². The third-order valence-electron chi connectivity index (χ3n) is 4.53. The number of carbonyl (C=O) groups excluding carboxylic acids is 1. The molecule has 0 atom stereocenters. The zero-order chi connectivity index (χ0) is 15.5. The van der Waals surface area contributed by atoms with Gasteiger partial charge in [-0.15, -0.1) is 0 Å². The summed E-state index contributed by atoms with van der Waals surface area (Å²) in [6.07, 6.45) is 2.49. The lowest BCUT2D eigenvalue weighted by Gasteiger charge is -2.21. The van der Waals surface area contributed by atoms with Crippen LogP contribution in [0.15, 0.2) is 0 Å². The molecular formula is C15H22F2N4O. The van der Waals surface area contributed by atoms with Crippen molar-refractivity contribution in [2.45, 2.75) is 38.5 Å². The van der Waals surface area contributed by atoms with Gasteiger partial charge in [-0.3, -0.25) is 14.8 Å². The zero-order valence-corrected chi connectivity index (χ0v) is 12.7. The number of nitrogens with zero attached hydrogens (tertiary/aromatic N) is 3. The van der Waals surface area contributed by atoms with Gasteiger partial charge in [-0.25, -0.2) is 8.78 Å². The highest BCUT2D eigenvalue weighted by Crippen LogP contribution is 2.23. The molecule has 0 spiro atoms. The van der Waals surface area contributed by atoms with Crippen LogP contribution < -0.4 is 0 Å². The summed E-state index contributed by atoms with van der Waals surface area (Å²) in [5, 5.41) is 7.21. The lowest BCUT2D eigenvalue weighted by Crippen LogP contribution is -2.37. The summed E-state index contributed by atoms with van der Waals surface area (Å²) in [5.74, 6) is -0.0571. The molecule has 0 unspecified atom stereocenters. The first kappa shape index (κ1) is 15.4. The maximum absolute atomic E-state index is 12.7. The molecule has 2 aliphatic rings. The molecule has 2 heterocycles. The Morgan fingerprint density at radius 2 is 1.95 bits per heavy atom. The summed E-state index contributed by atoms with van der Waals surface area (Å²) in [6.45, 7) is 2.02. The first-order chi connectivity index (χ1) is 10.6. The Balaban J connectivity index is 1.66. The molecule has 1 aromatic heterocycles. The Kier molecular flexibility index (Phi) is 4.71. The highest BCUT2D eigenvalue weighted by molar-refractivity contribution is 5.94. The zero-order valence-electron chi connectivity index (χ0n) is 12.7. The third-order valence-corrected chi connectivity index (χ3v) is 4.53. The molecular weight excluding hydrogens is 290 g/mol. The molecule has 1 aromatic rings. The number of hydrogen-bond donors (Lipinski definition) is 1.